The van der Waals surface area contributed by atoms with Crippen molar-refractivity contribution < 1.29 is 28.3 Å². The van der Waals surface area contributed by atoms with E-state index in [0.717, 1.165) is 17.3 Å². The average molecular weight is 360 g/mol. The molecular weight excluding hydrogens is 334 g/mol. The van der Waals surface area contributed by atoms with Crippen molar-refractivity contribution in [2.75, 3.05) is 20.7 Å². The molecule has 3 aliphatic heterocycles. The van der Waals surface area contributed by atoms with Crippen molar-refractivity contribution in [3.8, 4) is 0 Å². The number of benzene rings is 1. The second-order valence-corrected chi connectivity index (χ2v) is 7.96. The van der Waals surface area contributed by atoms with E-state index in [9.17, 15) is 9.59 Å². The van der Waals surface area contributed by atoms with Crippen molar-refractivity contribution in [1.29, 1.82) is 0 Å². The molecule has 0 radical (unpaired) electrons. The predicted molar refractivity (Wildman–Crippen MR) is 93.3 cm³/mol. The zero-order chi connectivity index (χ0) is 18.5. The number of carbonyl (C=O) groups is 2. The fraction of sp³-hybridized carbons (Fsp3) is 0.600. The van der Waals surface area contributed by atoms with Crippen LogP contribution in [0.4, 0.5) is 0 Å². The summed E-state index contributed by atoms with van der Waals surface area (Å²) in [6, 6.07) is 9.69. The molecule has 0 aliphatic carbocycles. The van der Waals surface area contributed by atoms with Gasteiger partial charge in [0.2, 0.25) is 0 Å². The highest BCUT2D eigenvalue weighted by atomic mass is 16.6. The number of piperidine rings is 1. The number of ether oxygens (including phenoxy) is 3. The summed E-state index contributed by atoms with van der Waals surface area (Å²) < 4.78 is 17.6. The number of rotatable bonds is 5. The molecule has 3 heterocycles. The maximum atomic E-state index is 12.9. The summed E-state index contributed by atoms with van der Waals surface area (Å²) in [4.78, 5) is 25.2. The highest BCUT2D eigenvalue weighted by Crippen LogP contribution is 2.51. The molecule has 140 valence electrons. The first-order valence-corrected chi connectivity index (χ1v) is 9.34. The lowest BCUT2D eigenvalue weighted by Gasteiger charge is -2.45. The third kappa shape index (κ3) is 2.81. The van der Waals surface area contributed by atoms with E-state index in [1.165, 1.54) is 0 Å². The zero-order valence-electron chi connectivity index (χ0n) is 15.5. The smallest absolute Gasteiger partial charge is 0.325 e. The van der Waals surface area contributed by atoms with Gasteiger partial charge in [-0.2, -0.15) is 0 Å². The van der Waals surface area contributed by atoms with Crippen molar-refractivity contribution in [2.24, 2.45) is 0 Å². The molecule has 6 nitrogen and oxygen atoms in total. The van der Waals surface area contributed by atoms with Gasteiger partial charge < -0.3 is 18.7 Å². The lowest BCUT2D eigenvalue weighted by atomic mass is 9.95. The van der Waals surface area contributed by atoms with E-state index < -0.39 is 17.9 Å². The molecule has 0 aromatic heterocycles. The molecule has 2 bridgehead atoms. The lowest BCUT2D eigenvalue weighted by Crippen LogP contribution is -2.60. The van der Waals surface area contributed by atoms with E-state index in [1.54, 1.807) is 31.2 Å². The molecule has 1 aromatic carbocycles. The fourth-order valence-corrected chi connectivity index (χ4v) is 4.77. The zero-order valence-corrected chi connectivity index (χ0v) is 15.5. The van der Waals surface area contributed by atoms with E-state index in [-0.39, 0.29) is 12.7 Å². The Labute approximate surface area is 153 Å². The molecule has 0 amide bonds. The number of esters is 2. The van der Waals surface area contributed by atoms with Crippen molar-refractivity contribution >= 4 is 11.9 Å². The first-order chi connectivity index (χ1) is 12.4. The van der Waals surface area contributed by atoms with Gasteiger partial charge in [-0.1, -0.05) is 30.3 Å². The van der Waals surface area contributed by atoms with Gasteiger partial charge in [-0.3, -0.25) is 9.59 Å². The van der Waals surface area contributed by atoms with Crippen LogP contribution in [0, 0.1) is 0 Å². The quantitative estimate of drug-likeness (QED) is 0.346. The Kier molecular flexibility index (Phi) is 4.28. The van der Waals surface area contributed by atoms with Gasteiger partial charge in [0.05, 0.1) is 20.7 Å². The molecule has 4 rings (SSSR count). The van der Waals surface area contributed by atoms with E-state index in [4.69, 9.17) is 14.2 Å². The number of nitrogens with zero attached hydrogens (tertiary/aromatic N) is 1. The van der Waals surface area contributed by atoms with E-state index in [0.29, 0.717) is 29.9 Å². The standard InChI is InChI=1S/C20H26NO5/c1-4-24-19(22)16(12-8-6-5-7-9-12)20(23)25-13-10-14-17-18(26-17)15(11-13)21(14,2)3/h5-9,13-18H,4,10-11H2,1-3H3/q+1/t13?,14-,15+,16?,17-,18+. The third-order valence-electron chi connectivity index (χ3n) is 6.21. The van der Waals surface area contributed by atoms with Crippen LogP contribution in [0.5, 0.6) is 0 Å². The third-order valence-corrected chi connectivity index (χ3v) is 6.21. The second-order valence-electron chi connectivity index (χ2n) is 7.96. The number of fused-ring (bicyclic) bond motifs is 5. The van der Waals surface area contributed by atoms with Crippen molar-refractivity contribution in [2.45, 2.75) is 56.1 Å². The number of quaternary nitrogens is 1. The highest BCUT2D eigenvalue weighted by Gasteiger charge is 2.70. The molecule has 2 unspecified atom stereocenters. The van der Waals surface area contributed by atoms with Gasteiger partial charge in [-0.25, -0.2) is 0 Å². The molecule has 6 heteroatoms. The number of carbonyl (C=O) groups excluding carboxylic acids is 2. The van der Waals surface area contributed by atoms with Gasteiger partial charge in [0.1, 0.15) is 30.4 Å². The Morgan fingerprint density at radius 2 is 1.73 bits per heavy atom. The maximum Gasteiger partial charge on any atom is 0.325 e. The SMILES string of the molecule is CCOC(=O)C(C(=O)OC1C[C@@H]2[C@H]3O[C@H]3[C@H](C1)[N+]2(C)C)c1ccccc1. The van der Waals surface area contributed by atoms with Gasteiger partial charge in [-0.05, 0) is 12.5 Å². The molecule has 0 N–H and O–H groups in total. The summed E-state index contributed by atoms with van der Waals surface area (Å²) in [6.45, 7) is 1.96. The Balaban J connectivity index is 1.48. The second kappa shape index (κ2) is 6.35. The molecule has 3 saturated heterocycles. The van der Waals surface area contributed by atoms with E-state index >= 15 is 0 Å². The van der Waals surface area contributed by atoms with Gasteiger partial charge >= 0.3 is 11.9 Å². The van der Waals surface area contributed by atoms with Crippen LogP contribution in [0.25, 0.3) is 0 Å². The highest BCUT2D eigenvalue weighted by molar-refractivity contribution is 6.00. The Morgan fingerprint density at radius 3 is 2.31 bits per heavy atom. The van der Waals surface area contributed by atoms with Gasteiger partial charge in [-0.15, -0.1) is 0 Å². The average Bonchev–Trinajstić information content (AvgIpc) is 3.34. The van der Waals surface area contributed by atoms with Gasteiger partial charge in [0, 0.05) is 12.8 Å². The fourth-order valence-electron chi connectivity index (χ4n) is 4.77. The van der Waals surface area contributed by atoms with Crippen molar-refractivity contribution in [3.05, 3.63) is 35.9 Å². The summed E-state index contributed by atoms with van der Waals surface area (Å²) in [5.41, 5.74) is 0.608. The summed E-state index contributed by atoms with van der Waals surface area (Å²) in [5, 5.41) is 0. The molecule has 1 aromatic rings. The summed E-state index contributed by atoms with van der Waals surface area (Å²) in [5.74, 6) is -2.09. The van der Waals surface area contributed by atoms with Crippen molar-refractivity contribution in [3.63, 3.8) is 0 Å². The Bertz CT molecular complexity index is 683. The van der Waals surface area contributed by atoms with Crippen LogP contribution in [0.1, 0.15) is 31.2 Å². The minimum atomic E-state index is -1.02. The topological polar surface area (TPSA) is 65.1 Å². The van der Waals surface area contributed by atoms with E-state index in [2.05, 4.69) is 14.1 Å². The maximum absolute atomic E-state index is 12.9. The van der Waals surface area contributed by atoms with Gasteiger partial charge in [0.15, 0.2) is 5.92 Å². The molecular formula is C20H26NO5+. The van der Waals surface area contributed by atoms with Gasteiger partial charge in [0.25, 0.3) is 0 Å². The number of epoxide rings is 1. The van der Waals surface area contributed by atoms with Crippen LogP contribution >= 0.6 is 0 Å². The molecule has 3 fully saturated rings. The molecule has 0 saturated carbocycles. The number of hydrogen-bond donors (Lipinski definition) is 0. The molecule has 3 aliphatic rings. The Hall–Kier alpha value is -1.92. The first kappa shape index (κ1) is 17.5. The largest absolute Gasteiger partial charge is 0.465 e. The van der Waals surface area contributed by atoms with Crippen LogP contribution in [0.3, 0.4) is 0 Å². The Morgan fingerprint density at radius 1 is 1.12 bits per heavy atom. The van der Waals surface area contributed by atoms with Crippen LogP contribution in [-0.4, -0.2) is 67.5 Å². The van der Waals surface area contributed by atoms with Crippen LogP contribution < -0.4 is 0 Å². The van der Waals surface area contributed by atoms with Crippen LogP contribution in [0.2, 0.25) is 0 Å². The minimum Gasteiger partial charge on any atom is -0.465 e. The van der Waals surface area contributed by atoms with E-state index in [1.807, 2.05) is 6.07 Å². The number of hydrogen-bond acceptors (Lipinski definition) is 5. The lowest BCUT2D eigenvalue weighted by molar-refractivity contribution is -0.938. The molecule has 0 spiro atoms. The predicted octanol–water partition coefficient (Wildman–Crippen LogP) is 1.63. The number of likely N-dealkylation sites (N-methyl/N-ethyl adjacent to an activating group) is 1. The first-order valence-electron chi connectivity index (χ1n) is 9.34. The minimum absolute atomic E-state index is 0.166. The van der Waals surface area contributed by atoms with Crippen LogP contribution in [0.15, 0.2) is 30.3 Å². The van der Waals surface area contributed by atoms with Crippen molar-refractivity contribution in [1.82, 2.24) is 0 Å². The number of morpholine rings is 1. The normalized spacial score (nSPS) is 34.5. The summed E-state index contributed by atoms with van der Waals surface area (Å²) in [7, 11) is 4.46. The van der Waals surface area contributed by atoms with Crippen LogP contribution in [-0.2, 0) is 23.8 Å². The summed E-state index contributed by atoms with van der Waals surface area (Å²) >= 11 is 0. The summed E-state index contributed by atoms with van der Waals surface area (Å²) in [6.07, 6.45) is 1.99. The molecule has 6 atom stereocenters. The molecule has 26 heavy (non-hydrogen) atoms. The monoisotopic (exact) mass is 360 g/mol.